The maximum atomic E-state index is 12.6. The minimum atomic E-state index is -0.815. The molecular weight excluding hydrogens is 168 g/mol. The summed E-state index contributed by atoms with van der Waals surface area (Å²) in [6, 6.07) is 3.49. The lowest BCUT2D eigenvalue weighted by Crippen LogP contribution is -1.86. The van der Waals surface area contributed by atoms with Gasteiger partial charge < -0.3 is 0 Å². The highest BCUT2D eigenvalue weighted by Crippen LogP contribution is 2.17. The number of rotatable bonds is 0. The van der Waals surface area contributed by atoms with E-state index in [9.17, 15) is 8.78 Å². The second-order valence-corrected chi connectivity index (χ2v) is 2.35. The van der Waals surface area contributed by atoms with Gasteiger partial charge >= 0.3 is 0 Å². The molecule has 0 fully saturated rings. The maximum absolute atomic E-state index is 12.6. The summed E-state index contributed by atoms with van der Waals surface area (Å²) in [6.07, 6.45) is 0. The molecule has 0 spiro atoms. The van der Waals surface area contributed by atoms with E-state index in [-0.39, 0.29) is 10.5 Å². The molecule has 4 heteroatoms. The third kappa shape index (κ3) is 1.49. The molecule has 0 saturated carbocycles. The number of hydrogen-bond donors (Lipinski definition) is 1. The van der Waals surface area contributed by atoms with Crippen molar-refractivity contribution in [2.24, 2.45) is 0 Å². The maximum Gasteiger partial charge on any atom is 0.140 e. The number of halogens is 2. The van der Waals surface area contributed by atoms with Crippen molar-refractivity contribution in [2.45, 2.75) is 4.90 Å². The summed E-state index contributed by atoms with van der Waals surface area (Å²) in [5.74, 6) is -1.63. The van der Waals surface area contributed by atoms with Gasteiger partial charge in [-0.3, -0.25) is 0 Å². The Morgan fingerprint density at radius 3 is 2.09 bits per heavy atom. The van der Waals surface area contributed by atoms with E-state index >= 15 is 0 Å². The molecule has 0 saturated heterocycles. The highest BCUT2D eigenvalue weighted by Gasteiger charge is 2.06. The molecule has 11 heavy (non-hydrogen) atoms. The lowest BCUT2D eigenvalue weighted by atomic mass is 10.2. The van der Waals surface area contributed by atoms with E-state index in [0.29, 0.717) is 0 Å². The molecule has 0 N–H and O–H groups in total. The van der Waals surface area contributed by atoms with Crippen LogP contribution in [0.2, 0.25) is 0 Å². The molecule has 1 nitrogen and oxygen atoms in total. The molecule has 1 aromatic rings. The van der Waals surface area contributed by atoms with Gasteiger partial charge in [-0.1, -0.05) is 0 Å². The van der Waals surface area contributed by atoms with Crippen molar-refractivity contribution >= 4 is 12.6 Å². The van der Waals surface area contributed by atoms with Crippen LogP contribution in [0.3, 0.4) is 0 Å². The smallest absolute Gasteiger partial charge is 0.140 e. The Morgan fingerprint density at radius 1 is 1.27 bits per heavy atom. The van der Waals surface area contributed by atoms with Crippen molar-refractivity contribution in [2.75, 3.05) is 0 Å². The van der Waals surface area contributed by atoms with Gasteiger partial charge in [-0.2, -0.15) is 5.26 Å². The van der Waals surface area contributed by atoms with Crippen LogP contribution in [0.15, 0.2) is 17.0 Å². The van der Waals surface area contributed by atoms with Gasteiger partial charge in [0.1, 0.15) is 11.6 Å². The lowest BCUT2D eigenvalue weighted by Gasteiger charge is -1.96. The summed E-state index contributed by atoms with van der Waals surface area (Å²) in [6.45, 7) is 0. The Hall–Kier alpha value is -1.08. The Morgan fingerprint density at radius 2 is 1.73 bits per heavy atom. The third-order valence-electron chi connectivity index (χ3n) is 1.15. The van der Waals surface area contributed by atoms with E-state index in [1.807, 2.05) is 0 Å². The summed E-state index contributed by atoms with van der Waals surface area (Å²) in [5.41, 5.74) is -0.0437. The summed E-state index contributed by atoms with van der Waals surface area (Å²) in [4.78, 5) is -0.357. The minimum Gasteiger partial charge on any atom is -0.206 e. The fourth-order valence-electron chi connectivity index (χ4n) is 0.630. The molecule has 0 aliphatic heterocycles. The zero-order chi connectivity index (χ0) is 8.43. The Bertz CT molecular complexity index is 307. The molecule has 1 rings (SSSR count). The van der Waals surface area contributed by atoms with E-state index in [0.717, 1.165) is 12.1 Å². The number of hydrogen-bond acceptors (Lipinski definition) is 2. The molecule has 0 aromatic heterocycles. The molecule has 0 aliphatic carbocycles. The first-order valence-corrected chi connectivity index (χ1v) is 3.18. The van der Waals surface area contributed by atoms with Gasteiger partial charge in [-0.05, 0) is 12.1 Å². The number of benzene rings is 1. The molecule has 0 aliphatic rings. The third-order valence-corrected chi connectivity index (χ3v) is 1.57. The van der Waals surface area contributed by atoms with Crippen LogP contribution in [0, 0.1) is 23.0 Å². The van der Waals surface area contributed by atoms with Gasteiger partial charge in [0.15, 0.2) is 0 Å². The van der Waals surface area contributed by atoms with Crippen molar-refractivity contribution in [3.63, 3.8) is 0 Å². The van der Waals surface area contributed by atoms with Crippen LogP contribution in [0.5, 0.6) is 0 Å². The van der Waals surface area contributed by atoms with E-state index in [4.69, 9.17) is 5.26 Å². The van der Waals surface area contributed by atoms with E-state index < -0.39 is 11.6 Å². The fraction of sp³-hybridized carbons (Fsp3) is 0. The first kappa shape index (κ1) is 8.02. The first-order chi connectivity index (χ1) is 5.15. The van der Waals surface area contributed by atoms with Crippen LogP contribution in [0.1, 0.15) is 5.56 Å². The molecular formula is C7H3F2NS. The van der Waals surface area contributed by atoms with E-state index in [1.165, 1.54) is 0 Å². The van der Waals surface area contributed by atoms with Crippen molar-refractivity contribution in [3.05, 3.63) is 29.3 Å². The molecule has 0 bridgehead atoms. The summed E-state index contributed by atoms with van der Waals surface area (Å²) in [7, 11) is 0. The summed E-state index contributed by atoms with van der Waals surface area (Å²) in [5, 5.41) is 8.27. The number of thiol groups is 1. The van der Waals surface area contributed by atoms with Gasteiger partial charge in [0.05, 0.1) is 16.5 Å². The highest BCUT2D eigenvalue weighted by atomic mass is 32.1. The molecule has 1 aromatic carbocycles. The second kappa shape index (κ2) is 2.89. The monoisotopic (exact) mass is 171 g/mol. The molecule has 0 radical (unpaired) electrons. The Kier molecular flexibility index (Phi) is 2.11. The van der Waals surface area contributed by atoms with Crippen LogP contribution in [0.25, 0.3) is 0 Å². The molecule has 0 heterocycles. The van der Waals surface area contributed by atoms with Gasteiger partial charge in [-0.25, -0.2) is 8.78 Å². The van der Waals surface area contributed by atoms with Crippen LogP contribution in [0.4, 0.5) is 8.78 Å². The number of nitrogens with zero attached hydrogens (tertiary/aromatic N) is 1. The largest absolute Gasteiger partial charge is 0.206 e. The summed E-state index contributed by atoms with van der Waals surface area (Å²) >= 11 is 3.54. The van der Waals surface area contributed by atoms with Gasteiger partial charge in [0, 0.05) is 0 Å². The molecule has 0 atom stereocenters. The average Bonchev–Trinajstić information content (AvgIpc) is 1.99. The van der Waals surface area contributed by atoms with Crippen LogP contribution >= 0.6 is 12.6 Å². The molecule has 56 valence electrons. The van der Waals surface area contributed by atoms with Gasteiger partial charge in [0.25, 0.3) is 0 Å². The van der Waals surface area contributed by atoms with Crippen LogP contribution < -0.4 is 0 Å². The molecule has 0 unspecified atom stereocenters. The van der Waals surface area contributed by atoms with E-state index in [2.05, 4.69) is 12.6 Å². The van der Waals surface area contributed by atoms with Crippen molar-refractivity contribution in [3.8, 4) is 6.07 Å². The summed E-state index contributed by atoms with van der Waals surface area (Å²) < 4.78 is 25.1. The van der Waals surface area contributed by atoms with Gasteiger partial charge in [0.2, 0.25) is 0 Å². The predicted octanol–water partition coefficient (Wildman–Crippen LogP) is 2.13. The SMILES string of the molecule is N#Cc1cc(F)c(S)c(F)c1. The van der Waals surface area contributed by atoms with Crippen molar-refractivity contribution < 1.29 is 8.78 Å². The first-order valence-electron chi connectivity index (χ1n) is 2.73. The minimum absolute atomic E-state index is 0.0437. The number of nitriles is 1. The second-order valence-electron chi connectivity index (χ2n) is 1.90. The average molecular weight is 171 g/mol. The highest BCUT2D eigenvalue weighted by molar-refractivity contribution is 7.80. The van der Waals surface area contributed by atoms with Crippen molar-refractivity contribution in [1.82, 2.24) is 0 Å². The quantitative estimate of drug-likeness (QED) is 0.594. The normalized spacial score (nSPS) is 9.27. The van der Waals surface area contributed by atoms with Crippen LogP contribution in [-0.4, -0.2) is 0 Å². The van der Waals surface area contributed by atoms with Crippen molar-refractivity contribution in [1.29, 1.82) is 5.26 Å². The zero-order valence-electron chi connectivity index (χ0n) is 5.31. The van der Waals surface area contributed by atoms with E-state index in [1.54, 1.807) is 6.07 Å². The zero-order valence-corrected chi connectivity index (χ0v) is 6.20. The molecule has 0 amide bonds. The van der Waals surface area contributed by atoms with Crippen LogP contribution in [-0.2, 0) is 0 Å². The fourth-order valence-corrected chi connectivity index (χ4v) is 0.759. The van der Waals surface area contributed by atoms with Gasteiger partial charge in [-0.15, -0.1) is 12.6 Å². The standard InChI is InChI=1S/C7H3F2NS/c8-5-1-4(3-10)2-6(9)7(5)11/h1-2,11H. The predicted molar refractivity (Wildman–Crippen MR) is 38.3 cm³/mol. The topological polar surface area (TPSA) is 23.8 Å². The Labute approximate surface area is 67.7 Å². The lowest BCUT2D eigenvalue weighted by molar-refractivity contribution is 0.541. The Balaban J connectivity index is 3.35.